The van der Waals surface area contributed by atoms with Gasteiger partial charge < -0.3 is 5.11 Å². The van der Waals surface area contributed by atoms with Gasteiger partial charge in [0.2, 0.25) is 0 Å². The Balaban J connectivity index is 3.15. The molecule has 1 heteroatoms. The first-order valence-electron chi connectivity index (χ1n) is 3.38. The number of allylic oxidation sites excluding steroid dienone is 2. The van der Waals surface area contributed by atoms with Gasteiger partial charge in [0, 0.05) is 5.22 Å². The maximum absolute atomic E-state index is 9.32. The Hall–Kier alpha value is -1.68. The second kappa shape index (κ2) is 2.17. The Morgan fingerprint density at radius 2 is 1.91 bits per heavy atom. The monoisotopic (exact) mass is 142 g/mol. The highest BCUT2D eigenvalue weighted by Crippen LogP contribution is 1.94. The molecule has 0 radical (unpaired) electrons. The van der Waals surface area contributed by atoms with Gasteiger partial charge >= 0.3 is 0 Å². The second-order valence-corrected chi connectivity index (χ2v) is 2.32. The van der Waals surface area contributed by atoms with Gasteiger partial charge in [0.05, 0.1) is 5.22 Å². The fraction of sp³-hybridized carbons (Fsp3) is 0. The summed E-state index contributed by atoms with van der Waals surface area (Å²) in [6, 6.07) is 5.33. The number of phenolic OH excluding ortho intramolecular Hbond substituents is 1. The van der Waals surface area contributed by atoms with Crippen LogP contribution in [0.4, 0.5) is 0 Å². The predicted molar refractivity (Wildman–Crippen MR) is 43.3 cm³/mol. The van der Waals surface area contributed by atoms with Crippen molar-refractivity contribution in [3.63, 3.8) is 0 Å². The number of hydrogen-bond acceptors (Lipinski definition) is 1. The maximum Gasteiger partial charge on any atom is 0.131 e. The lowest BCUT2D eigenvalue weighted by molar-refractivity contribution is 0.470. The lowest BCUT2D eigenvalue weighted by atomic mass is 10.2. The number of rotatable bonds is 0. The standard InChI is InChI=1S/C10H6O/c11-10-7-3-5-8-4-1-2-6-9(8)10/h1-3,5,7,11H. The average molecular weight is 142 g/mol. The van der Waals surface area contributed by atoms with Crippen molar-refractivity contribution >= 4 is 11.5 Å². The maximum atomic E-state index is 9.32. The summed E-state index contributed by atoms with van der Waals surface area (Å²) in [7, 11) is 0. The lowest BCUT2D eigenvalue weighted by Gasteiger charge is -1.91. The molecule has 2 rings (SSSR count). The molecule has 0 spiro atoms. The number of benzene rings is 1. The van der Waals surface area contributed by atoms with Crippen LogP contribution in [0.2, 0.25) is 0 Å². The quantitative estimate of drug-likeness (QED) is 0.551. The van der Waals surface area contributed by atoms with Gasteiger partial charge in [-0.3, -0.25) is 0 Å². The first kappa shape index (κ1) is 6.06. The minimum Gasteiger partial charge on any atom is -0.507 e. The Labute approximate surface area is 63.9 Å². The van der Waals surface area contributed by atoms with Gasteiger partial charge in [-0.1, -0.05) is 6.07 Å². The van der Waals surface area contributed by atoms with E-state index < -0.39 is 0 Å². The van der Waals surface area contributed by atoms with Crippen LogP contribution in [-0.2, 0) is 0 Å². The van der Waals surface area contributed by atoms with Crippen LogP contribution in [0, 0.1) is 0 Å². The summed E-state index contributed by atoms with van der Waals surface area (Å²) in [5.41, 5.74) is 5.94. The molecule has 0 saturated carbocycles. The number of fused-ring (bicyclic) bond motifs is 1. The van der Waals surface area contributed by atoms with Crippen LogP contribution in [0.15, 0.2) is 30.4 Å². The van der Waals surface area contributed by atoms with E-state index in [4.69, 9.17) is 0 Å². The largest absolute Gasteiger partial charge is 0.507 e. The third-order valence-corrected chi connectivity index (χ3v) is 1.59. The zero-order valence-corrected chi connectivity index (χ0v) is 5.83. The van der Waals surface area contributed by atoms with Gasteiger partial charge in [0.1, 0.15) is 5.75 Å². The average Bonchev–Trinajstić information content (AvgIpc) is 2.06. The van der Waals surface area contributed by atoms with Crippen molar-refractivity contribution in [2.24, 2.45) is 0 Å². The van der Waals surface area contributed by atoms with Crippen LogP contribution >= 0.6 is 0 Å². The molecule has 1 aliphatic rings. The van der Waals surface area contributed by atoms with Gasteiger partial charge in [-0.15, -0.1) is 11.5 Å². The van der Waals surface area contributed by atoms with E-state index in [-0.39, 0.29) is 5.75 Å². The summed E-state index contributed by atoms with van der Waals surface area (Å²) in [4.78, 5) is 0. The smallest absolute Gasteiger partial charge is 0.131 e. The topological polar surface area (TPSA) is 20.2 Å². The number of phenols is 1. The van der Waals surface area contributed by atoms with Gasteiger partial charge in [-0.2, -0.15) is 0 Å². The minimum atomic E-state index is 0.263. The van der Waals surface area contributed by atoms with E-state index in [1.54, 1.807) is 24.3 Å². The highest BCUT2D eigenvalue weighted by molar-refractivity contribution is 5.44. The summed E-state index contributed by atoms with van der Waals surface area (Å²) in [5, 5.41) is 10.9. The third-order valence-electron chi connectivity index (χ3n) is 1.59. The van der Waals surface area contributed by atoms with E-state index in [2.05, 4.69) is 11.5 Å². The molecule has 0 bridgehead atoms. The molecule has 52 valence electrons. The van der Waals surface area contributed by atoms with E-state index in [0.29, 0.717) is 0 Å². The highest BCUT2D eigenvalue weighted by Gasteiger charge is 1.91. The fourth-order valence-corrected chi connectivity index (χ4v) is 1.07. The molecule has 0 unspecified atom stereocenters. The Morgan fingerprint density at radius 3 is 2.73 bits per heavy atom. The van der Waals surface area contributed by atoms with Gasteiger partial charge in [0.15, 0.2) is 0 Å². The molecular weight excluding hydrogens is 136 g/mol. The molecule has 0 aliphatic heterocycles. The molecule has 1 nitrogen and oxygen atoms in total. The molecule has 1 aromatic rings. The van der Waals surface area contributed by atoms with Crippen molar-refractivity contribution in [1.82, 2.24) is 0 Å². The molecule has 1 aromatic carbocycles. The summed E-state index contributed by atoms with van der Waals surface area (Å²) >= 11 is 0. The van der Waals surface area contributed by atoms with Crippen molar-refractivity contribution in [2.45, 2.75) is 0 Å². The Kier molecular flexibility index (Phi) is 1.20. The molecule has 0 atom stereocenters. The van der Waals surface area contributed by atoms with E-state index in [1.165, 1.54) is 0 Å². The van der Waals surface area contributed by atoms with Crippen LogP contribution in [0.5, 0.6) is 5.75 Å². The zero-order chi connectivity index (χ0) is 7.68. The third kappa shape index (κ3) is 0.890. The van der Waals surface area contributed by atoms with Crippen LogP contribution in [-0.4, -0.2) is 5.11 Å². The van der Waals surface area contributed by atoms with Crippen molar-refractivity contribution in [3.05, 3.63) is 40.8 Å². The highest BCUT2D eigenvalue weighted by atomic mass is 16.3. The van der Waals surface area contributed by atoms with Crippen molar-refractivity contribution < 1.29 is 5.11 Å². The van der Waals surface area contributed by atoms with Gasteiger partial charge in [-0.25, -0.2) is 0 Å². The number of aromatic hydroxyl groups is 1. The summed E-state index contributed by atoms with van der Waals surface area (Å²) in [6.07, 6.45) is 3.52. The fourth-order valence-electron chi connectivity index (χ4n) is 1.07. The first-order chi connectivity index (χ1) is 5.38. The van der Waals surface area contributed by atoms with E-state index in [0.717, 1.165) is 10.4 Å². The van der Waals surface area contributed by atoms with E-state index >= 15 is 0 Å². The molecular formula is C10H6O. The first-order valence-corrected chi connectivity index (χ1v) is 3.38. The lowest BCUT2D eigenvalue weighted by Crippen LogP contribution is -2.22. The molecule has 0 fully saturated rings. The molecule has 11 heavy (non-hydrogen) atoms. The van der Waals surface area contributed by atoms with Crippen LogP contribution in [0.1, 0.15) is 0 Å². The van der Waals surface area contributed by atoms with E-state index in [1.807, 2.05) is 6.07 Å². The second-order valence-electron chi connectivity index (χ2n) is 2.32. The van der Waals surface area contributed by atoms with Crippen LogP contribution in [0.25, 0.3) is 11.5 Å². The molecule has 1 aliphatic carbocycles. The van der Waals surface area contributed by atoms with Crippen molar-refractivity contribution in [1.29, 1.82) is 0 Å². The van der Waals surface area contributed by atoms with Crippen LogP contribution < -0.4 is 10.4 Å². The molecule has 0 saturated heterocycles. The van der Waals surface area contributed by atoms with Crippen molar-refractivity contribution in [2.75, 3.05) is 0 Å². The summed E-state index contributed by atoms with van der Waals surface area (Å²) < 4.78 is 0. The number of hydrogen-bond donors (Lipinski definition) is 1. The Morgan fingerprint density at radius 1 is 1.09 bits per heavy atom. The summed E-state index contributed by atoms with van der Waals surface area (Å²) in [5.74, 6) is 0.263. The van der Waals surface area contributed by atoms with Gasteiger partial charge in [-0.05, 0) is 24.3 Å². The molecule has 0 amide bonds. The van der Waals surface area contributed by atoms with Crippen LogP contribution in [0.3, 0.4) is 0 Å². The zero-order valence-electron chi connectivity index (χ0n) is 5.83. The molecule has 0 heterocycles. The van der Waals surface area contributed by atoms with E-state index in [9.17, 15) is 5.11 Å². The van der Waals surface area contributed by atoms with Gasteiger partial charge in [0.25, 0.3) is 0 Å². The SMILES string of the molecule is Oc1cccc2c1=C=CC=C=2. The Bertz CT molecular complexity index is 470. The molecule has 1 N–H and O–H groups in total. The summed E-state index contributed by atoms with van der Waals surface area (Å²) in [6.45, 7) is 0. The minimum absolute atomic E-state index is 0.263. The molecule has 0 aromatic heterocycles. The normalized spacial score (nSPS) is 11.6. The predicted octanol–water partition coefficient (Wildman–Crippen LogP) is 0.277. The van der Waals surface area contributed by atoms with Crippen molar-refractivity contribution in [3.8, 4) is 5.75 Å².